The van der Waals surface area contributed by atoms with Crippen LogP contribution in [-0.4, -0.2) is 22.5 Å². The van der Waals surface area contributed by atoms with Crippen molar-refractivity contribution in [3.05, 3.63) is 53.9 Å². The highest BCUT2D eigenvalue weighted by Gasteiger charge is 2.14. The average molecular weight is 301 g/mol. The SMILES string of the molecule is COc1cccc2c1nc(CCCl)n2-c1ccc(C)cc1. The lowest BCUT2D eigenvalue weighted by molar-refractivity contribution is 0.419. The fourth-order valence-electron chi connectivity index (χ4n) is 2.52. The van der Waals surface area contributed by atoms with Crippen LogP contribution in [0.2, 0.25) is 0 Å². The molecule has 0 radical (unpaired) electrons. The van der Waals surface area contributed by atoms with Crippen molar-refractivity contribution in [3.8, 4) is 11.4 Å². The van der Waals surface area contributed by atoms with Gasteiger partial charge < -0.3 is 4.74 Å². The predicted octanol–water partition coefficient (Wildman–Crippen LogP) is 4.12. The average Bonchev–Trinajstić information content (AvgIpc) is 2.86. The van der Waals surface area contributed by atoms with Gasteiger partial charge >= 0.3 is 0 Å². The minimum atomic E-state index is 0.539. The molecule has 0 N–H and O–H groups in total. The molecule has 3 rings (SSSR count). The van der Waals surface area contributed by atoms with Crippen molar-refractivity contribution in [2.45, 2.75) is 13.3 Å². The van der Waals surface area contributed by atoms with Crippen LogP contribution >= 0.6 is 11.6 Å². The number of fused-ring (bicyclic) bond motifs is 1. The van der Waals surface area contributed by atoms with Gasteiger partial charge in [-0.15, -0.1) is 11.6 Å². The molecule has 0 unspecified atom stereocenters. The van der Waals surface area contributed by atoms with Gasteiger partial charge in [0.2, 0.25) is 0 Å². The fraction of sp³-hybridized carbons (Fsp3) is 0.235. The van der Waals surface area contributed by atoms with Crippen LogP contribution in [0.5, 0.6) is 5.75 Å². The number of aryl methyl sites for hydroxylation is 2. The number of alkyl halides is 1. The van der Waals surface area contributed by atoms with Crippen LogP contribution in [0.15, 0.2) is 42.5 Å². The molecule has 0 saturated heterocycles. The molecule has 21 heavy (non-hydrogen) atoms. The lowest BCUT2D eigenvalue weighted by Gasteiger charge is -2.09. The van der Waals surface area contributed by atoms with Crippen molar-refractivity contribution in [2.75, 3.05) is 13.0 Å². The first kappa shape index (κ1) is 14.0. The van der Waals surface area contributed by atoms with Gasteiger partial charge in [-0.25, -0.2) is 4.98 Å². The summed E-state index contributed by atoms with van der Waals surface area (Å²) in [7, 11) is 1.67. The Kier molecular flexibility index (Phi) is 3.84. The Balaban J connectivity index is 2.28. The van der Waals surface area contributed by atoms with E-state index < -0.39 is 0 Å². The minimum absolute atomic E-state index is 0.539. The van der Waals surface area contributed by atoms with Gasteiger partial charge in [0.15, 0.2) is 0 Å². The first-order valence-corrected chi connectivity index (χ1v) is 7.45. The number of benzene rings is 2. The van der Waals surface area contributed by atoms with Crippen LogP contribution < -0.4 is 4.74 Å². The molecule has 0 aliphatic rings. The maximum absolute atomic E-state index is 5.94. The summed E-state index contributed by atoms with van der Waals surface area (Å²) < 4.78 is 7.57. The quantitative estimate of drug-likeness (QED) is 0.678. The van der Waals surface area contributed by atoms with E-state index in [1.165, 1.54) is 5.56 Å². The van der Waals surface area contributed by atoms with Crippen molar-refractivity contribution < 1.29 is 4.74 Å². The number of rotatable bonds is 4. The van der Waals surface area contributed by atoms with E-state index in [1.807, 2.05) is 12.1 Å². The minimum Gasteiger partial charge on any atom is -0.494 e. The summed E-state index contributed by atoms with van der Waals surface area (Å²) in [5.74, 6) is 2.28. The zero-order valence-electron chi connectivity index (χ0n) is 12.1. The van der Waals surface area contributed by atoms with Gasteiger partial charge in [-0.05, 0) is 31.2 Å². The number of methoxy groups -OCH3 is 1. The molecule has 0 aliphatic carbocycles. The molecule has 2 aromatic carbocycles. The van der Waals surface area contributed by atoms with Crippen LogP contribution in [-0.2, 0) is 6.42 Å². The highest BCUT2D eigenvalue weighted by molar-refractivity contribution is 6.18. The van der Waals surface area contributed by atoms with E-state index in [0.717, 1.165) is 28.3 Å². The summed E-state index contributed by atoms with van der Waals surface area (Å²) in [5, 5.41) is 0. The fourth-order valence-corrected chi connectivity index (χ4v) is 2.69. The second kappa shape index (κ2) is 5.78. The number of halogens is 1. The Bertz CT molecular complexity index is 762. The zero-order chi connectivity index (χ0) is 14.8. The number of hydrogen-bond donors (Lipinski definition) is 0. The predicted molar refractivity (Wildman–Crippen MR) is 86.8 cm³/mol. The van der Waals surface area contributed by atoms with Gasteiger partial charge in [-0.3, -0.25) is 4.57 Å². The van der Waals surface area contributed by atoms with Crippen molar-refractivity contribution in [1.29, 1.82) is 0 Å². The van der Waals surface area contributed by atoms with Crippen molar-refractivity contribution in [3.63, 3.8) is 0 Å². The van der Waals surface area contributed by atoms with Crippen molar-refractivity contribution in [1.82, 2.24) is 9.55 Å². The van der Waals surface area contributed by atoms with E-state index in [0.29, 0.717) is 12.3 Å². The maximum Gasteiger partial charge on any atom is 0.146 e. The Morgan fingerprint density at radius 2 is 1.90 bits per heavy atom. The first-order valence-electron chi connectivity index (χ1n) is 6.92. The molecule has 108 valence electrons. The van der Waals surface area contributed by atoms with E-state index in [4.69, 9.17) is 21.3 Å². The Labute approximate surface area is 129 Å². The first-order chi connectivity index (χ1) is 10.2. The molecule has 0 fully saturated rings. The van der Waals surface area contributed by atoms with Gasteiger partial charge in [0.25, 0.3) is 0 Å². The summed E-state index contributed by atoms with van der Waals surface area (Å²) in [6.45, 7) is 2.08. The third kappa shape index (κ3) is 2.49. The highest BCUT2D eigenvalue weighted by Crippen LogP contribution is 2.28. The molecule has 3 aromatic rings. The second-order valence-electron chi connectivity index (χ2n) is 4.97. The number of imidazole rings is 1. The summed E-state index contributed by atoms with van der Waals surface area (Å²) >= 11 is 5.94. The van der Waals surface area contributed by atoms with Crippen LogP contribution in [0.25, 0.3) is 16.7 Å². The smallest absolute Gasteiger partial charge is 0.146 e. The molecular formula is C17H17ClN2O. The highest BCUT2D eigenvalue weighted by atomic mass is 35.5. The van der Waals surface area contributed by atoms with Crippen LogP contribution in [0.4, 0.5) is 0 Å². The molecule has 0 aliphatic heterocycles. The number of para-hydroxylation sites is 1. The lowest BCUT2D eigenvalue weighted by Crippen LogP contribution is -2.02. The number of ether oxygens (including phenoxy) is 1. The second-order valence-corrected chi connectivity index (χ2v) is 5.34. The molecule has 4 heteroatoms. The van der Waals surface area contributed by atoms with E-state index >= 15 is 0 Å². The third-order valence-electron chi connectivity index (χ3n) is 3.55. The van der Waals surface area contributed by atoms with Gasteiger partial charge in [0.1, 0.15) is 17.1 Å². The standard InChI is InChI=1S/C17H17ClN2O/c1-12-6-8-13(9-7-12)20-14-4-3-5-15(21-2)17(14)19-16(20)10-11-18/h3-9H,10-11H2,1-2H3. The normalized spacial score (nSPS) is 11.0. The van der Waals surface area contributed by atoms with Gasteiger partial charge in [0, 0.05) is 18.0 Å². The lowest BCUT2D eigenvalue weighted by atomic mass is 10.2. The van der Waals surface area contributed by atoms with Crippen LogP contribution in [0.3, 0.4) is 0 Å². The summed E-state index contributed by atoms with van der Waals surface area (Å²) in [6, 6.07) is 14.4. The van der Waals surface area contributed by atoms with E-state index in [1.54, 1.807) is 7.11 Å². The maximum atomic E-state index is 5.94. The van der Waals surface area contributed by atoms with E-state index in [-0.39, 0.29) is 0 Å². The molecule has 0 saturated carbocycles. The van der Waals surface area contributed by atoms with Crippen molar-refractivity contribution in [2.24, 2.45) is 0 Å². The molecule has 0 spiro atoms. The van der Waals surface area contributed by atoms with Gasteiger partial charge in [0.05, 0.1) is 12.6 Å². The van der Waals surface area contributed by atoms with Crippen LogP contribution in [0.1, 0.15) is 11.4 Å². The summed E-state index contributed by atoms with van der Waals surface area (Å²) in [5.41, 5.74) is 4.25. The Morgan fingerprint density at radius 1 is 1.14 bits per heavy atom. The molecule has 1 aromatic heterocycles. The Morgan fingerprint density at radius 3 is 2.57 bits per heavy atom. The van der Waals surface area contributed by atoms with Gasteiger partial charge in [-0.2, -0.15) is 0 Å². The molecular weight excluding hydrogens is 284 g/mol. The van der Waals surface area contributed by atoms with E-state index in [9.17, 15) is 0 Å². The van der Waals surface area contributed by atoms with E-state index in [2.05, 4.69) is 41.8 Å². The molecule has 0 atom stereocenters. The van der Waals surface area contributed by atoms with Crippen LogP contribution in [0, 0.1) is 6.92 Å². The monoisotopic (exact) mass is 300 g/mol. The molecule has 1 heterocycles. The third-order valence-corrected chi connectivity index (χ3v) is 3.74. The summed E-state index contributed by atoms with van der Waals surface area (Å²) in [4.78, 5) is 4.73. The topological polar surface area (TPSA) is 27.1 Å². The zero-order valence-corrected chi connectivity index (χ0v) is 12.9. The number of hydrogen-bond acceptors (Lipinski definition) is 2. The summed E-state index contributed by atoms with van der Waals surface area (Å²) in [6.07, 6.45) is 0.716. The van der Waals surface area contributed by atoms with Crippen molar-refractivity contribution >= 4 is 22.6 Å². The Hall–Kier alpha value is -2.00. The number of aromatic nitrogens is 2. The number of nitrogens with zero attached hydrogens (tertiary/aromatic N) is 2. The molecule has 0 amide bonds. The van der Waals surface area contributed by atoms with Gasteiger partial charge in [-0.1, -0.05) is 23.8 Å². The largest absolute Gasteiger partial charge is 0.494 e. The molecule has 3 nitrogen and oxygen atoms in total. The molecule has 0 bridgehead atoms.